The van der Waals surface area contributed by atoms with Crippen molar-refractivity contribution in [3.05, 3.63) is 0 Å². The van der Waals surface area contributed by atoms with E-state index < -0.39 is 10.0 Å². The third-order valence-electron chi connectivity index (χ3n) is 6.10. The van der Waals surface area contributed by atoms with Crippen LogP contribution in [0.25, 0.3) is 0 Å². The predicted molar refractivity (Wildman–Crippen MR) is 85.7 cm³/mol. The molecular formula is C16H28N2O3S. The van der Waals surface area contributed by atoms with E-state index in [0.717, 1.165) is 11.8 Å². The maximum absolute atomic E-state index is 12.4. The Morgan fingerprint density at radius 3 is 2.32 bits per heavy atom. The van der Waals surface area contributed by atoms with Crippen LogP contribution in [0.1, 0.15) is 45.4 Å². The van der Waals surface area contributed by atoms with Crippen LogP contribution in [-0.2, 0) is 14.8 Å². The van der Waals surface area contributed by atoms with Gasteiger partial charge in [-0.1, -0.05) is 6.42 Å². The minimum atomic E-state index is -3.12. The van der Waals surface area contributed by atoms with Crippen LogP contribution in [0, 0.1) is 23.7 Å². The second-order valence-electron chi connectivity index (χ2n) is 7.57. The van der Waals surface area contributed by atoms with Gasteiger partial charge in [-0.3, -0.25) is 4.79 Å². The van der Waals surface area contributed by atoms with Gasteiger partial charge in [-0.2, -0.15) is 0 Å². The summed E-state index contributed by atoms with van der Waals surface area (Å²) in [6, 6.07) is 0.260. The van der Waals surface area contributed by atoms with Gasteiger partial charge in [0, 0.05) is 25.0 Å². The largest absolute Gasteiger partial charge is 0.353 e. The molecular weight excluding hydrogens is 300 g/mol. The van der Waals surface area contributed by atoms with Crippen molar-refractivity contribution >= 4 is 15.9 Å². The quantitative estimate of drug-likeness (QED) is 0.852. The average molecular weight is 328 g/mol. The summed E-state index contributed by atoms with van der Waals surface area (Å²) in [5.74, 6) is 2.46. The Morgan fingerprint density at radius 1 is 1.14 bits per heavy atom. The van der Waals surface area contributed by atoms with Crippen molar-refractivity contribution in [1.82, 2.24) is 9.62 Å². The highest BCUT2D eigenvalue weighted by Gasteiger charge is 2.42. The van der Waals surface area contributed by atoms with Crippen molar-refractivity contribution in [3.63, 3.8) is 0 Å². The summed E-state index contributed by atoms with van der Waals surface area (Å²) in [5.41, 5.74) is 0. The van der Waals surface area contributed by atoms with E-state index in [-0.39, 0.29) is 17.9 Å². The molecule has 0 aromatic rings. The lowest BCUT2D eigenvalue weighted by molar-refractivity contribution is -0.127. The molecule has 2 aliphatic carbocycles. The lowest BCUT2D eigenvalue weighted by Crippen LogP contribution is -2.46. The van der Waals surface area contributed by atoms with Gasteiger partial charge in [-0.25, -0.2) is 12.7 Å². The first-order chi connectivity index (χ1) is 10.3. The topological polar surface area (TPSA) is 66.5 Å². The van der Waals surface area contributed by atoms with Crippen LogP contribution in [0.5, 0.6) is 0 Å². The Labute approximate surface area is 133 Å². The number of carbonyl (C=O) groups excluding carboxylic acids is 1. The van der Waals surface area contributed by atoms with Crippen LogP contribution in [0.15, 0.2) is 0 Å². The Bertz CT molecular complexity index is 526. The molecule has 3 rings (SSSR count). The molecule has 1 heterocycles. The maximum Gasteiger partial charge on any atom is 0.223 e. The van der Waals surface area contributed by atoms with E-state index in [0.29, 0.717) is 31.8 Å². The van der Waals surface area contributed by atoms with Gasteiger partial charge < -0.3 is 5.32 Å². The first-order valence-corrected chi connectivity index (χ1v) is 10.4. The highest BCUT2D eigenvalue weighted by Crippen LogP contribution is 2.49. The van der Waals surface area contributed by atoms with E-state index in [1.54, 1.807) is 0 Å². The average Bonchev–Trinajstić information content (AvgIpc) is 3.09. The predicted octanol–water partition coefficient (Wildman–Crippen LogP) is 1.60. The van der Waals surface area contributed by atoms with Crippen molar-refractivity contribution in [2.75, 3.05) is 19.3 Å². The molecule has 6 heteroatoms. The number of nitrogens with one attached hydrogen (secondary N) is 1. The molecule has 1 N–H and O–H groups in total. The monoisotopic (exact) mass is 328 g/mol. The summed E-state index contributed by atoms with van der Waals surface area (Å²) < 4.78 is 24.5. The number of carbonyl (C=O) groups is 1. The van der Waals surface area contributed by atoms with Gasteiger partial charge in [-0.05, 0) is 56.8 Å². The fraction of sp³-hybridized carbons (Fsp3) is 0.938. The SMILES string of the molecule is C[C@@H](NC(=O)C1CCN(S(C)(=O)=O)CC1)[C@H]1C[C@H]2CC[C@H]1C2. The van der Waals surface area contributed by atoms with Crippen LogP contribution < -0.4 is 5.32 Å². The van der Waals surface area contributed by atoms with Crippen molar-refractivity contribution in [2.45, 2.75) is 51.5 Å². The van der Waals surface area contributed by atoms with Gasteiger partial charge in [0.25, 0.3) is 0 Å². The third kappa shape index (κ3) is 3.32. The van der Waals surface area contributed by atoms with Crippen LogP contribution in [0.2, 0.25) is 0 Å². The zero-order chi connectivity index (χ0) is 15.9. The lowest BCUT2D eigenvalue weighted by atomic mass is 9.83. The van der Waals surface area contributed by atoms with E-state index in [9.17, 15) is 13.2 Å². The molecule has 3 aliphatic rings. The Balaban J connectivity index is 1.48. The molecule has 2 saturated carbocycles. The maximum atomic E-state index is 12.4. The number of nitrogens with zero attached hydrogens (tertiary/aromatic N) is 1. The fourth-order valence-electron chi connectivity index (χ4n) is 4.81. The van der Waals surface area contributed by atoms with E-state index in [1.165, 1.54) is 36.2 Å². The van der Waals surface area contributed by atoms with Gasteiger partial charge >= 0.3 is 0 Å². The summed E-state index contributed by atoms with van der Waals surface area (Å²) in [5, 5.41) is 3.22. The molecule has 1 aliphatic heterocycles. The molecule has 1 amide bonds. The Hall–Kier alpha value is -0.620. The van der Waals surface area contributed by atoms with Gasteiger partial charge in [0.05, 0.1) is 6.26 Å². The molecule has 126 valence electrons. The molecule has 2 bridgehead atoms. The normalized spacial score (nSPS) is 34.7. The molecule has 5 nitrogen and oxygen atoms in total. The van der Waals surface area contributed by atoms with E-state index in [4.69, 9.17) is 0 Å². The number of rotatable bonds is 4. The summed E-state index contributed by atoms with van der Waals surface area (Å²) in [6.07, 6.45) is 7.87. The number of sulfonamides is 1. The summed E-state index contributed by atoms with van der Waals surface area (Å²) >= 11 is 0. The highest BCUT2D eigenvalue weighted by molar-refractivity contribution is 7.88. The van der Waals surface area contributed by atoms with Crippen molar-refractivity contribution in [2.24, 2.45) is 23.7 Å². The van der Waals surface area contributed by atoms with Crippen LogP contribution in [0.4, 0.5) is 0 Å². The Morgan fingerprint density at radius 2 is 1.82 bits per heavy atom. The second-order valence-corrected chi connectivity index (χ2v) is 9.55. The van der Waals surface area contributed by atoms with E-state index >= 15 is 0 Å². The zero-order valence-corrected chi connectivity index (χ0v) is 14.4. The van der Waals surface area contributed by atoms with Crippen LogP contribution >= 0.6 is 0 Å². The summed E-state index contributed by atoms with van der Waals surface area (Å²) in [7, 11) is -3.12. The summed E-state index contributed by atoms with van der Waals surface area (Å²) in [4.78, 5) is 12.4. The molecule has 0 aromatic carbocycles. The third-order valence-corrected chi connectivity index (χ3v) is 7.40. The number of fused-ring (bicyclic) bond motifs is 2. The molecule has 3 fully saturated rings. The first-order valence-electron chi connectivity index (χ1n) is 8.60. The fourth-order valence-corrected chi connectivity index (χ4v) is 5.68. The molecule has 4 atom stereocenters. The second kappa shape index (κ2) is 6.11. The molecule has 22 heavy (non-hydrogen) atoms. The van der Waals surface area contributed by atoms with E-state index in [1.807, 2.05) is 0 Å². The van der Waals surface area contributed by atoms with E-state index in [2.05, 4.69) is 12.2 Å². The Kier molecular flexibility index (Phi) is 4.52. The van der Waals surface area contributed by atoms with Gasteiger partial charge in [-0.15, -0.1) is 0 Å². The minimum absolute atomic E-state index is 0.0287. The smallest absolute Gasteiger partial charge is 0.223 e. The number of piperidine rings is 1. The standard InChI is InChI=1S/C16H28N2O3S/c1-11(15-10-12-3-4-14(15)9-12)17-16(19)13-5-7-18(8-6-13)22(2,20)21/h11-15H,3-10H2,1-2H3,(H,17,19)/t11-,12+,14+,15-/m1/s1. The van der Waals surface area contributed by atoms with Crippen molar-refractivity contribution < 1.29 is 13.2 Å². The first kappa shape index (κ1) is 16.2. The molecule has 0 radical (unpaired) electrons. The van der Waals surface area contributed by atoms with Crippen molar-refractivity contribution in [3.8, 4) is 0 Å². The minimum Gasteiger partial charge on any atom is -0.353 e. The summed E-state index contributed by atoms with van der Waals surface area (Å²) in [6.45, 7) is 3.09. The molecule has 0 aromatic heterocycles. The van der Waals surface area contributed by atoms with Crippen molar-refractivity contribution in [1.29, 1.82) is 0 Å². The lowest BCUT2D eigenvalue weighted by Gasteiger charge is -2.32. The molecule has 0 spiro atoms. The van der Waals surface area contributed by atoms with Gasteiger partial charge in [0.15, 0.2) is 0 Å². The molecule has 1 saturated heterocycles. The zero-order valence-electron chi connectivity index (χ0n) is 13.6. The van der Waals surface area contributed by atoms with Gasteiger partial charge in [0.1, 0.15) is 0 Å². The van der Waals surface area contributed by atoms with Crippen LogP contribution in [0.3, 0.4) is 0 Å². The number of hydrogen-bond donors (Lipinski definition) is 1. The number of amides is 1. The number of hydrogen-bond acceptors (Lipinski definition) is 3. The highest BCUT2D eigenvalue weighted by atomic mass is 32.2. The molecule has 0 unspecified atom stereocenters. The van der Waals surface area contributed by atoms with Gasteiger partial charge in [0.2, 0.25) is 15.9 Å². The van der Waals surface area contributed by atoms with Crippen LogP contribution in [-0.4, -0.2) is 44.0 Å².